The molecule has 0 saturated carbocycles. The normalized spacial score (nSPS) is 11.0. The summed E-state index contributed by atoms with van der Waals surface area (Å²) in [5, 5.41) is 4.76. The molecule has 2 heterocycles. The number of nitrogens with zero attached hydrogens (tertiary/aromatic N) is 1. The lowest BCUT2D eigenvalue weighted by Crippen LogP contribution is -2.12. The molecule has 0 spiro atoms. The van der Waals surface area contributed by atoms with Gasteiger partial charge in [-0.2, -0.15) is 0 Å². The number of H-pyrrole nitrogens is 1. The van der Waals surface area contributed by atoms with Gasteiger partial charge in [0.2, 0.25) is 5.56 Å². The van der Waals surface area contributed by atoms with Crippen molar-refractivity contribution >= 4 is 33.8 Å². The topological polar surface area (TPSA) is 74.8 Å². The molecule has 124 valence electrons. The summed E-state index contributed by atoms with van der Waals surface area (Å²) < 4.78 is 0. The number of benzene rings is 1. The zero-order valence-electron chi connectivity index (χ0n) is 13.9. The third-order valence-electron chi connectivity index (χ3n) is 3.82. The maximum absolute atomic E-state index is 12.4. The number of hydrogen-bond donors (Lipinski definition) is 2. The van der Waals surface area contributed by atoms with Gasteiger partial charge in [0.1, 0.15) is 4.88 Å². The van der Waals surface area contributed by atoms with E-state index < -0.39 is 0 Å². The zero-order valence-corrected chi connectivity index (χ0v) is 14.7. The highest BCUT2D eigenvalue weighted by Gasteiger charge is 2.14. The van der Waals surface area contributed by atoms with Gasteiger partial charge in [0, 0.05) is 17.1 Å². The van der Waals surface area contributed by atoms with Gasteiger partial charge in [-0.25, -0.2) is 4.98 Å². The SMILES string of the molecule is CCCc1cc(=O)[nH]c2cc(NC(=O)c3sc(C)nc3C)ccc12. The van der Waals surface area contributed by atoms with Crippen LogP contribution in [-0.4, -0.2) is 15.9 Å². The Morgan fingerprint density at radius 3 is 2.75 bits per heavy atom. The zero-order chi connectivity index (χ0) is 17.3. The standard InChI is InChI=1S/C18H19N3O2S/c1-4-5-12-8-16(22)21-15-9-13(6-7-14(12)15)20-18(23)17-10(2)19-11(3)24-17/h6-9H,4-5H2,1-3H3,(H,20,23)(H,21,22). The van der Waals surface area contributed by atoms with Crippen molar-refractivity contribution in [3.63, 3.8) is 0 Å². The van der Waals surface area contributed by atoms with Crippen LogP contribution in [0.1, 0.15) is 39.3 Å². The van der Waals surface area contributed by atoms with Crippen LogP contribution in [0.4, 0.5) is 5.69 Å². The number of aryl methyl sites for hydroxylation is 3. The minimum Gasteiger partial charge on any atom is -0.322 e. The second-order valence-electron chi connectivity index (χ2n) is 5.77. The summed E-state index contributed by atoms with van der Waals surface area (Å²) in [7, 11) is 0. The van der Waals surface area contributed by atoms with E-state index in [2.05, 4.69) is 22.2 Å². The quantitative estimate of drug-likeness (QED) is 0.758. The van der Waals surface area contributed by atoms with Crippen molar-refractivity contribution in [1.29, 1.82) is 0 Å². The Labute approximate surface area is 143 Å². The summed E-state index contributed by atoms with van der Waals surface area (Å²) in [4.78, 5) is 32.0. The Kier molecular flexibility index (Phi) is 4.49. The average Bonchev–Trinajstić information content (AvgIpc) is 2.86. The third kappa shape index (κ3) is 3.23. The Hall–Kier alpha value is -2.47. The first kappa shape index (κ1) is 16.4. The predicted octanol–water partition coefficient (Wildman–Crippen LogP) is 3.81. The summed E-state index contributed by atoms with van der Waals surface area (Å²) in [6.45, 7) is 5.79. The molecular formula is C18H19N3O2S. The molecule has 2 aromatic heterocycles. The molecule has 24 heavy (non-hydrogen) atoms. The molecule has 0 saturated heterocycles. The molecule has 0 fully saturated rings. The predicted molar refractivity (Wildman–Crippen MR) is 98.1 cm³/mol. The van der Waals surface area contributed by atoms with Gasteiger partial charge in [0.15, 0.2) is 0 Å². The Morgan fingerprint density at radius 1 is 1.29 bits per heavy atom. The number of fused-ring (bicyclic) bond motifs is 1. The van der Waals surface area contributed by atoms with Crippen LogP contribution < -0.4 is 10.9 Å². The van der Waals surface area contributed by atoms with Gasteiger partial charge in [-0.3, -0.25) is 9.59 Å². The van der Waals surface area contributed by atoms with Crippen LogP contribution in [0.25, 0.3) is 10.9 Å². The molecule has 0 unspecified atom stereocenters. The smallest absolute Gasteiger partial charge is 0.267 e. The summed E-state index contributed by atoms with van der Waals surface area (Å²) in [6.07, 6.45) is 1.83. The largest absolute Gasteiger partial charge is 0.322 e. The van der Waals surface area contributed by atoms with Crippen molar-refractivity contribution < 1.29 is 4.79 Å². The number of pyridine rings is 1. The Balaban J connectivity index is 1.95. The van der Waals surface area contributed by atoms with Gasteiger partial charge in [-0.05, 0) is 38.0 Å². The minimum absolute atomic E-state index is 0.122. The van der Waals surface area contributed by atoms with E-state index in [9.17, 15) is 9.59 Å². The lowest BCUT2D eigenvalue weighted by molar-refractivity contribution is 0.103. The molecule has 1 aromatic carbocycles. The highest BCUT2D eigenvalue weighted by Crippen LogP contribution is 2.23. The Morgan fingerprint density at radius 2 is 2.08 bits per heavy atom. The minimum atomic E-state index is -0.176. The number of anilines is 1. The van der Waals surface area contributed by atoms with Crippen LogP contribution in [0, 0.1) is 13.8 Å². The number of hydrogen-bond acceptors (Lipinski definition) is 4. The van der Waals surface area contributed by atoms with E-state index in [1.807, 2.05) is 26.0 Å². The lowest BCUT2D eigenvalue weighted by Gasteiger charge is -2.08. The highest BCUT2D eigenvalue weighted by molar-refractivity contribution is 7.13. The fourth-order valence-electron chi connectivity index (χ4n) is 2.82. The van der Waals surface area contributed by atoms with E-state index in [4.69, 9.17) is 0 Å². The number of carbonyl (C=O) groups is 1. The number of amides is 1. The number of carbonyl (C=O) groups excluding carboxylic acids is 1. The van der Waals surface area contributed by atoms with Crippen LogP contribution in [-0.2, 0) is 6.42 Å². The number of nitrogens with one attached hydrogen (secondary N) is 2. The fourth-order valence-corrected chi connectivity index (χ4v) is 3.63. The van der Waals surface area contributed by atoms with Crippen molar-refractivity contribution in [2.75, 3.05) is 5.32 Å². The van der Waals surface area contributed by atoms with Gasteiger partial charge in [0.05, 0.1) is 16.2 Å². The maximum Gasteiger partial charge on any atom is 0.267 e. The molecule has 0 aliphatic carbocycles. The number of aromatic nitrogens is 2. The molecule has 0 aliphatic rings. The van der Waals surface area contributed by atoms with E-state index in [0.29, 0.717) is 10.6 Å². The van der Waals surface area contributed by atoms with Crippen LogP contribution in [0.2, 0.25) is 0 Å². The van der Waals surface area contributed by atoms with Gasteiger partial charge in [-0.1, -0.05) is 19.4 Å². The molecule has 0 radical (unpaired) electrons. The average molecular weight is 341 g/mol. The third-order valence-corrected chi connectivity index (χ3v) is 4.89. The maximum atomic E-state index is 12.4. The molecule has 3 rings (SSSR count). The number of thiazole rings is 1. The van der Waals surface area contributed by atoms with Crippen molar-refractivity contribution in [1.82, 2.24) is 9.97 Å². The number of rotatable bonds is 4. The first-order valence-corrected chi connectivity index (χ1v) is 8.71. The molecule has 2 N–H and O–H groups in total. The van der Waals surface area contributed by atoms with Crippen molar-refractivity contribution in [3.05, 3.63) is 55.8 Å². The second-order valence-corrected chi connectivity index (χ2v) is 6.97. The Bertz CT molecular complexity index is 972. The molecule has 0 atom stereocenters. The van der Waals surface area contributed by atoms with Crippen LogP contribution >= 0.6 is 11.3 Å². The number of aromatic amines is 1. The fraction of sp³-hybridized carbons (Fsp3) is 0.278. The highest BCUT2D eigenvalue weighted by atomic mass is 32.1. The van der Waals surface area contributed by atoms with E-state index in [1.165, 1.54) is 11.3 Å². The molecule has 0 aliphatic heterocycles. The van der Waals surface area contributed by atoms with Gasteiger partial charge < -0.3 is 10.3 Å². The molecule has 5 nitrogen and oxygen atoms in total. The lowest BCUT2D eigenvalue weighted by atomic mass is 10.0. The van der Waals surface area contributed by atoms with Crippen LogP contribution in [0.5, 0.6) is 0 Å². The van der Waals surface area contributed by atoms with Gasteiger partial charge in [-0.15, -0.1) is 11.3 Å². The van der Waals surface area contributed by atoms with Gasteiger partial charge in [0.25, 0.3) is 5.91 Å². The first-order chi connectivity index (χ1) is 11.5. The summed E-state index contributed by atoms with van der Waals surface area (Å²) in [5.41, 5.74) is 3.03. The van der Waals surface area contributed by atoms with E-state index >= 15 is 0 Å². The van der Waals surface area contributed by atoms with E-state index in [1.54, 1.807) is 12.1 Å². The molecule has 1 amide bonds. The van der Waals surface area contributed by atoms with E-state index in [-0.39, 0.29) is 11.5 Å². The van der Waals surface area contributed by atoms with Crippen molar-refractivity contribution in [2.45, 2.75) is 33.6 Å². The molecular weight excluding hydrogens is 322 g/mol. The van der Waals surface area contributed by atoms with Crippen LogP contribution in [0.15, 0.2) is 29.1 Å². The van der Waals surface area contributed by atoms with Crippen molar-refractivity contribution in [2.24, 2.45) is 0 Å². The van der Waals surface area contributed by atoms with Crippen LogP contribution in [0.3, 0.4) is 0 Å². The second kappa shape index (κ2) is 6.57. The summed E-state index contributed by atoms with van der Waals surface area (Å²) in [6, 6.07) is 7.25. The van der Waals surface area contributed by atoms with Gasteiger partial charge >= 0.3 is 0 Å². The van der Waals surface area contributed by atoms with Crippen molar-refractivity contribution in [3.8, 4) is 0 Å². The molecule has 6 heteroatoms. The van der Waals surface area contributed by atoms with E-state index in [0.717, 1.165) is 40.0 Å². The summed E-state index contributed by atoms with van der Waals surface area (Å²) >= 11 is 1.38. The molecule has 3 aromatic rings. The summed E-state index contributed by atoms with van der Waals surface area (Å²) in [5.74, 6) is -0.176. The molecule has 0 bridgehead atoms. The first-order valence-electron chi connectivity index (χ1n) is 7.89. The monoisotopic (exact) mass is 341 g/mol.